The molecule has 1 fully saturated rings. The summed E-state index contributed by atoms with van der Waals surface area (Å²) in [4.78, 5) is 23.0. The van der Waals surface area contributed by atoms with Crippen LogP contribution in [0.4, 0.5) is 21.5 Å². The van der Waals surface area contributed by atoms with Gasteiger partial charge in [-0.3, -0.25) is 9.78 Å². The smallest absolute Gasteiger partial charge is 0.257 e. The zero-order valence-corrected chi connectivity index (χ0v) is 18.0. The highest BCUT2D eigenvalue weighted by atomic mass is 35.5. The zero-order chi connectivity index (χ0) is 20.1. The first kappa shape index (κ1) is 22.7. The molecule has 2 aromatic rings. The highest BCUT2D eigenvalue weighted by Gasteiger charge is 2.23. The van der Waals surface area contributed by atoms with Crippen molar-refractivity contribution in [3.63, 3.8) is 0 Å². The van der Waals surface area contributed by atoms with E-state index >= 15 is 0 Å². The maximum atomic E-state index is 13.2. The van der Waals surface area contributed by atoms with Gasteiger partial charge >= 0.3 is 0 Å². The van der Waals surface area contributed by atoms with Crippen LogP contribution in [0.2, 0.25) is 0 Å². The molecule has 0 bridgehead atoms. The van der Waals surface area contributed by atoms with Crippen LogP contribution in [0.25, 0.3) is 0 Å². The molecular weight excluding hydrogens is 393 g/mol. The van der Waals surface area contributed by atoms with Gasteiger partial charge in [0.05, 0.1) is 23.1 Å². The van der Waals surface area contributed by atoms with Crippen molar-refractivity contribution >= 4 is 35.4 Å². The van der Waals surface area contributed by atoms with Crippen LogP contribution in [-0.4, -0.2) is 62.6 Å². The molecule has 0 saturated carbocycles. The third kappa shape index (κ3) is 5.29. The average molecular weight is 422 g/mol. The van der Waals surface area contributed by atoms with Gasteiger partial charge in [-0.15, -0.1) is 12.4 Å². The zero-order valence-electron chi connectivity index (χ0n) is 17.2. The summed E-state index contributed by atoms with van der Waals surface area (Å²) in [6.07, 6.45) is 4.44. The molecule has 2 heterocycles. The summed E-state index contributed by atoms with van der Waals surface area (Å²) in [6, 6.07) is 6.62. The number of pyridine rings is 1. The van der Waals surface area contributed by atoms with Crippen molar-refractivity contribution in [2.75, 3.05) is 61.9 Å². The van der Waals surface area contributed by atoms with Crippen LogP contribution < -0.4 is 15.1 Å². The second kappa shape index (κ2) is 10.3. The highest BCUT2D eigenvalue weighted by Crippen LogP contribution is 2.31. The molecule has 1 aromatic carbocycles. The maximum absolute atomic E-state index is 13.2. The molecule has 0 aliphatic carbocycles. The van der Waals surface area contributed by atoms with E-state index in [0.29, 0.717) is 5.56 Å². The maximum Gasteiger partial charge on any atom is 0.257 e. The molecule has 1 N–H and O–H groups in total. The topological polar surface area (TPSA) is 51.7 Å². The molecule has 6 nitrogen and oxygen atoms in total. The summed E-state index contributed by atoms with van der Waals surface area (Å²) < 4.78 is 13.2. The Hall–Kier alpha value is -2.54. The van der Waals surface area contributed by atoms with Gasteiger partial charge in [0.1, 0.15) is 5.82 Å². The van der Waals surface area contributed by atoms with Crippen LogP contribution in [0.3, 0.4) is 0 Å². The van der Waals surface area contributed by atoms with E-state index in [4.69, 9.17) is 0 Å². The number of hydrogen-bond donors (Lipinski definition) is 1. The molecule has 1 aliphatic heterocycles. The van der Waals surface area contributed by atoms with Crippen LogP contribution in [0.15, 0.2) is 36.7 Å². The number of piperazine rings is 1. The van der Waals surface area contributed by atoms with Gasteiger partial charge < -0.3 is 20.0 Å². The molecule has 1 aromatic heterocycles. The standard InChI is InChI=1S/C21H28FN5O.ClH/c1-4-9-24-20-18(21(28)25(2)3)14-23-15-19(20)27-12-10-26(11-13-27)17-7-5-16(22)6-8-17;/h5-8,14-15H,4,9-13H2,1-3H3,(H,23,24);1H. The Bertz CT molecular complexity index is 807. The normalized spacial score (nSPS) is 13.7. The summed E-state index contributed by atoms with van der Waals surface area (Å²) in [7, 11) is 3.50. The molecule has 8 heteroatoms. The number of carbonyl (C=O) groups is 1. The van der Waals surface area contributed by atoms with Crippen molar-refractivity contribution in [3.05, 3.63) is 48.0 Å². The number of amides is 1. The van der Waals surface area contributed by atoms with E-state index in [-0.39, 0.29) is 24.1 Å². The second-order valence-corrected chi connectivity index (χ2v) is 7.16. The van der Waals surface area contributed by atoms with Crippen molar-refractivity contribution < 1.29 is 9.18 Å². The van der Waals surface area contributed by atoms with Gasteiger partial charge in [-0.1, -0.05) is 6.92 Å². The molecule has 0 unspecified atom stereocenters. The Balaban J connectivity index is 0.00000300. The van der Waals surface area contributed by atoms with Gasteiger partial charge in [0.2, 0.25) is 0 Å². The number of nitrogens with one attached hydrogen (secondary N) is 1. The SMILES string of the molecule is CCCNc1c(C(=O)N(C)C)cncc1N1CCN(c2ccc(F)cc2)CC1.Cl. The Morgan fingerprint density at radius 2 is 1.72 bits per heavy atom. The fourth-order valence-corrected chi connectivity index (χ4v) is 3.39. The van der Waals surface area contributed by atoms with Crippen LogP contribution in [0.1, 0.15) is 23.7 Å². The van der Waals surface area contributed by atoms with E-state index in [1.807, 2.05) is 18.3 Å². The van der Waals surface area contributed by atoms with Crippen molar-refractivity contribution in [1.29, 1.82) is 0 Å². The predicted molar refractivity (Wildman–Crippen MR) is 119 cm³/mol. The molecule has 0 radical (unpaired) electrons. The predicted octanol–water partition coefficient (Wildman–Crippen LogP) is 3.49. The molecule has 0 spiro atoms. The number of carbonyl (C=O) groups excluding carboxylic acids is 1. The van der Waals surface area contributed by atoms with Gasteiger partial charge in [0.25, 0.3) is 5.91 Å². The molecule has 1 aliphatic rings. The molecule has 158 valence electrons. The first-order valence-electron chi connectivity index (χ1n) is 9.70. The van der Waals surface area contributed by atoms with Crippen molar-refractivity contribution in [3.8, 4) is 0 Å². The molecule has 29 heavy (non-hydrogen) atoms. The fourth-order valence-electron chi connectivity index (χ4n) is 3.39. The van der Waals surface area contributed by atoms with Crippen molar-refractivity contribution in [1.82, 2.24) is 9.88 Å². The number of hydrogen-bond acceptors (Lipinski definition) is 5. The number of anilines is 3. The van der Waals surface area contributed by atoms with Crippen molar-refractivity contribution in [2.24, 2.45) is 0 Å². The largest absolute Gasteiger partial charge is 0.383 e. The summed E-state index contributed by atoms with van der Waals surface area (Å²) in [5.41, 5.74) is 3.43. The highest BCUT2D eigenvalue weighted by molar-refractivity contribution is 6.02. The van der Waals surface area contributed by atoms with E-state index in [0.717, 1.165) is 56.2 Å². The number of halogens is 2. The quantitative estimate of drug-likeness (QED) is 0.773. The van der Waals surface area contributed by atoms with E-state index in [1.165, 1.54) is 12.1 Å². The van der Waals surface area contributed by atoms with Crippen molar-refractivity contribution in [2.45, 2.75) is 13.3 Å². The number of aromatic nitrogens is 1. The minimum Gasteiger partial charge on any atom is -0.383 e. The van der Waals surface area contributed by atoms with Gasteiger partial charge in [-0.05, 0) is 30.7 Å². The van der Waals surface area contributed by atoms with Crippen LogP contribution in [0.5, 0.6) is 0 Å². The number of nitrogens with zero attached hydrogens (tertiary/aromatic N) is 4. The Morgan fingerprint density at radius 1 is 1.10 bits per heavy atom. The van der Waals surface area contributed by atoms with Crippen LogP contribution >= 0.6 is 12.4 Å². The monoisotopic (exact) mass is 421 g/mol. The van der Waals surface area contributed by atoms with Gasteiger partial charge in [-0.25, -0.2) is 4.39 Å². The lowest BCUT2D eigenvalue weighted by molar-refractivity contribution is 0.0828. The molecular formula is C21H29ClFN5O. The summed E-state index contributed by atoms with van der Waals surface area (Å²) in [5.74, 6) is -0.277. The minimum absolute atomic E-state index is 0. The van der Waals surface area contributed by atoms with E-state index in [1.54, 1.807) is 25.2 Å². The third-order valence-corrected chi connectivity index (χ3v) is 4.93. The van der Waals surface area contributed by atoms with Gasteiger partial charge in [-0.2, -0.15) is 0 Å². The molecule has 1 saturated heterocycles. The van der Waals surface area contributed by atoms with E-state index in [9.17, 15) is 9.18 Å². The number of benzene rings is 1. The molecule has 3 rings (SSSR count). The Kier molecular flexibility index (Phi) is 8.08. The Morgan fingerprint density at radius 3 is 2.31 bits per heavy atom. The lowest BCUT2D eigenvalue weighted by Gasteiger charge is -2.38. The lowest BCUT2D eigenvalue weighted by Crippen LogP contribution is -2.47. The summed E-state index contributed by atoms with van der Waals surface area (Å²) in [5, 5.41) is 3.43. The molecule has 0 atom stereocenters. The lowest BCUT2D eigenvalue weighted by atomic mass is 10.1. The van der Waals surface area contributed by atoms with Gasteiger partial charge in [0, 0.05) is 58.7 Å². The fraction of sp³-hybridized carbons (Fsp3) is 0.429. The van der Waals surface area contributed by atoms with Crippen LogP contribution in [0, 0.1) is 5.82 Å². The van der Waals surface area contributed by atoms with Crippen LogP contribution in [-0.2, 0) is 0 Å². The second-order valence-electron chi connectivity index (χ2n) is 7.16. The van der Waals surface area contributed by atoms with Gasteiger partial charge in [0.15, 0.2) is 0 Å². The minimum atomic E-state index is -0.220. The first-order chi connectivity index (χ1) is 13.5. The number of rotatable bonds is 6. The average Bonchev–Trinajstić information content (AvgIpc) is 2.72. The van der Waals surface area contributed by atoms with E-state index < -0.39 is 0 Å². The van der Waals surface area contributed by atoms with E-state index in [2.05, 4.69) is 27.0 Å². The Labute approximate surface area is 178 Å². The molecule has 1 amide bonds. The summed E-state index contributed by atoms with van der Waals surface area (Å²) in [6.45, 7) is 6.15. The third-order valence-electron chi connectivity index (χ3n) is 4.93. The summed E-state index contributed by atoms with van der Waals surface area (Å²) >= 11 is 0. The first-order valence-corrected chi connectivity index (χ1v) is 9.70.